The van der Waals surface area contributed by atoms with Crippen LogP contribution in [0.25, 0.3) is 0 Å². The molecule has 1 aliphatic heterocycles. The minimum Gasteiger partial charge on any atom is -0.376 e. The van der Waals surface area contributed by atoms with E-state index in [0.29, 0.717) is 29.1 Å². The number of ketones is 1. The third-order valence-electron chi connectivity index (χ3n) is 4.58. The van der Waals surface area contributed by atoms with Crippen LogP contribution in [0.2, 0.25) is 0 Å². The molecule has 27 heavy (non-hydrogen) atoms. The third kappa shape index (κ3) is 4.43. The van der Waals surface area contributed by atoms with E-state index >= 15 is 0 Å². The maximum absolute atomic E-state index is 12.6. The molecule has 0 aliphatic carbocycles. The zero-order chi connectivity index (χ0) is 19.4. The summed E-state index contributed by atoms with van der Waals surface area (Å²) in [5, 5.41) is 5.63. The highest BCUT2D eigenvalue weighted by molar-refractivity contribution is 6.09. The normalized spacial score (nSPS) is 16.1. The lowest BCUT2D eigenvalue weighted by molar-refractivity contribution is 0.0858. The Labute approximate surface area is 157 Å². The minimum atomic E-state index is -0.385. The van der Waals surface area contributed by atoms with Crippen molar-refractivity contribution >= 4 is 23.3 Å². The average Bonchev–Trinajstić information content (AvgIpc) is 3.29. The number of Topliss-reactive ketones (excluding diaryl/α,β-unsaturated/α-hetero) is 1. The van der Waals surface area contributed by atoms with E-state index in [9.17, 15) is 14.4 Å². The summed E-state index contributed by atoms with van der Waals surface area (Å²) in [6, 6.07) is 8.36. The van der Waals surface area contributed by atoms with Gasteiger partial charge in [0.1, 0.15) is 5.69 Å². The van der Waals surface area contributed by atoms with Crippen LogP contribution in [0.4, 0.5) is 5.69 Å². The first kappa shape index (κ1) is 18.8. The Morgan fingerprint density at radius 3 is 2.67 bits per heavy atom. The summed E-state index contributed by atoms with van der Waals surface area (Å²) in [6.07, 6.45) is 3.60. The van der Waals surface area contributed by atoms with Gasteiger partial charge in [0.25, 0.3) is 11.8 Å². The molecular weight excluding hydrogens is 346 g/mol. The Balaban J connectivity index is 1.72. The third-order valence-corrected chi connectivity index (χ3v) is 4.58. The summed E-state index contributed by atoms with van der Waals surface area (Å²) in [6.45, 7) is 2.62. The van der Waals surface area contributed by atoms with Gasteiger partial charge >= 0.3 is 0 Å². The molecule has 0 bridgehead atoms. The van der Waals surface area contributed by atoms with E-state index in [2.05, 4.69) is 10.6 Å². The van der Waals surface area contributed by atoms with Gasteiger partial charge in [-0.15, -0.1) is 0 Å². The molecule has 1 unspecified atom stereocenters. The van der Waals surface area contributed by atoms with Gasteiger partial charge in [-0.25, -0.2) is 0 Å². The van der Waals surface area contributed by atoms with E-state index in [0.717, 1.165) is 19.4 Å². The lowest BCUT2D eigenvalue weighted by Crippen LogP contribution is -2.32. The number of hydrogen-bond donors (Lipinski definition) is 2. The lowest BCUT2D eigenvalue weighted by atomic mass is 10.1. The Bertz CT molecular complexity index is 866. The van der Waals surface area contributed by atoms with E-state index < -0.39 is 0 Å². The van der Waals surface area contributed by atoms with Gasteiger partial charge in [-0.05, 0) is 38.0 Å². The van der Waals surface area contributed by atoms with Crippen molar-refractivity contribution in [2.24, 2.45) is 7.05 Å². The second-order valence-electron chi connectivity index (χ2n) is 6.63. The number of ether oxygens (including phenoxy) is 1. The van der Waals surface area contributed by atoms with Gasteiger partial charge in [0.05, 0.1) is 17.4 Å². The molecule has 142 valence electrons. The van der Waals surface area contributed by atoms with E-state index in [1.807, 2.05) is 0 Å². The molecule has 0 saturated carbocycles. The highest BCUT2D eigenvalue weighted by atomic mass is 16.5. The van der Waals surface area contributed by atoms with Crippen molar-refractivity contribution in [1.82, 2.24) is 9.88 Å². The molecule has 7 heteroatoms. The summed E-state index contributed by atoms with van der Waals surface area (Å²) < 4.78 is 7.10. The number of carbonyl (C=O) groups excluding carboxylic acids is 3. The van der Waals surface area contributed by atoms with Crippen LogP contribution in [-0.2, 0) is 11.8 Å². The molecule has 2 amide bonds. The molecule has 2 N–H and O–H groups in total. The van der Waals surface area contributed by atoms with Crippen LogP contribution in [-0.4, -0.2) is 41.4 Å². The van der Waals surface area contributed by atoms with Crippen molar-refractivity contribution in [2.45, 2.75) is 25.9 Å². The fourth-order valence-electron chi connectivity index (χ4n) is 3.07. The first-order valence-corrected chi connectivity index (χ1v) is 8.93. The molecule has 2 heterocycles. The molecule has 1 aromatic carbocycles. The van der Waals surface area contributed by atoms with Crippen LogP contribution in [0.3, 0.4) is 0 Å². The Hall–Kier alpha value is -2.93. The zero-order valence-electron chi connectivity index (χ0n) is 15.5. The van der Waals surface area contributed by atoms with Gasteiger partial charge in [0.15, 0.2) is 5.78 Å². The molecule has 1 aromatic heterocycles. The molecular formula is C20H23N3O4. The predicted molar refractivity (Wildman–Crippen MR) is 101 cm³/mol. The number of amides is 2. The quantitative estimate of drug-likeness (QED) is 0.765. The van der Waals surface area contributed by atoms with Crippen LogP contribution in [0.5, 0.6) is 0 Å². The molecule has 0 spiro atoms. The predicted octanol–water partition coefficient (Wildman–Crippen LogP) is 2.39. The number of hydrogen-bond acceptors (Lipinski definition) is 4. The summed E-state index contributed by atoms with van der Waals surface area (Å²) in [5.41, 5.74) is 1.60. The van der Waals surface area contributed by atoms with Gasteiger partial charge in [-0.1, -0.05) is 12.1 Å². The minimum absolute atomic E-state index is 0.0454. The summed E-state index contributed by atoms with van der Waals surface area (Å²) in [4.78, 5) is 36.7. The van der Waals surface area contributed by atoms with E-state index in [1.165, 1.54) is 13.0 Å². The number of benzene rings is 1. The largest absolute Gasteiger partial charge is 0.376 e. The second kappa shape index (κ2) is 8.18. The van der Waals surface area contributed by atoms with Gasteiger partial charge in [-0.2, -0.15) is 0 Å². The van der Waals surface area contributed by atoms with Crippen molar-refractivity contribution in [3.8, 4) is 0 Å². The van der Waals surface area contributed by atoms with Crippen molar-refractivity contribution in [2.75, 3.05) is 18.5 Å². The van der Waals surface area contributed by atoms with E-state index in [4.69, 9.17) is 4.74 Å². The Morgan fingerprint density at radius 1 is 1.22 bits per heavy atom. The number of aromatic nitrogens is 1. The number of nitrogens with one attached hydrogen (secondary N) is 2. The van der Waals surface area contributed by atoms with Gasteiger partial charge < -0.3 is 19.9 Å². The van der Waals surface area contributed by atoms with Crippen molar-refractivity contribution in [1.29, 1.82) is 0 Å². The van der Waals surface area contributed by atoms with E-state index in [-0.39, 0.29) is 23.7 Å². The van der Waals surface area contributed by atoms with Crippen LogP contribution in [0.15, 0.2) is 36.5 Å². The van der Waals surface area contributed by atoms with Crippen molar-refractivity contribution in [3.63, 3.8) is 0 Å². The molecule has 1 saturated heterocycles. The number of carbonyl (C=O) groups is 3. The first-order valence-electron chi connectivity index (χ1n) is 8.93. The second-order valence-corrected chi connectivity index (χ2v) is 6.63. The molecule has 0 radical (unpaired) electrons. The summed E-state index contributed by atoms with van der Waals surface area (Å²) in [7, 11) is 1.70. The molecule has 7 nitrogen and oxygen atoms in total. The van der Waals surface area contributed by atoms with Crippen LogP contribution in [0.1, 0.15) is 51.0 Å². The van der Waals surface area contributed by atoms with E-state index in [1.54, 1.807) is 42.1 Å². The smallest absolute Gasteiger partial charge is 0.272 e. The Kier molecular flexibility index (Phi) is 5.71. The van der Waals surface area contributed by atoms with Crippen LogP contribution >= 0.6 is 0 Å². The number of nitrogens with zero attached hydrogens (tertiary/aromatic N) is 1. The molecule has 1 fully saturated rings. The van der Waals surface area contributed by atoms with Gasteiger partial charge in [0.2, 0.25) is 0 Å². The maximum atomic E-state index is 12.6. The fourth-order valence-corrected chi connectivity index (χ4v) is 3.07. The van der Waals surface area contributed by atoms with Gasteiger partial charge in [0, 0.05) is 32.0 Å². The van der Waals surface area contributed by atoms with Crippen molar-refractivity contribution in [3.05, 3.63) is 53.3 Å². The Morgan fingerprint density at radius 2 is 2.00 bits per heavy atom. The number of aryl methyl sites for hydroxylation is 1. The molecule has 2 aromatic rings. The summed E-state index contributed by atoms with van der Waals surface area (Å²) in [5.74, 6) is -0.763. The maximum Gasteiger partial charge on any atom is 0.272 e. The average molecular weight is 369 g/mol. The highest BCUT2D eigenvalue weighted by Crippen LogP contribution is 2.18. The molecule has 1 aliphatic rings. The highest BCUT2D eigenvalue weighted by Gasteiger charge is 2.20. The SMILES string of the molecule is CC(=O)c1cc(C(=O)Nc2ccccc2C(=O)NCC2CCCO2)n(C)c1. The topological polar surface area (TPSA) is 89.4 Å². The van der Waals surface area contributed by atoms with Crippen molar-refractivity contribution < 1.29 is 19.1 Å². The standard InChI is InChI=1S/C20H23N3O4/c1-13(24)14-10-18(23(2)12-14)20(26)22-17-8-4-3-7-16(17)19(25)21-11-15-6-5-9-27-15/h3-4,7-8,10,12,15H,5-6,9,11H2,1-2H3,(H,21,25)(H,22,26). The molecule has 1 atom stereocenters. The van der Waals surface area contributed by atoms with Gasteiger partial charge in [-0.3, -0.25) is 14.4 Å². The first-order chi connectivity index (χ1) is 13.0. The lowest BCUT2D eigenvalue weighted by Gasteiger charge is -2.14. The van der Waals surface area contributed by atoms with Crippen LogP contribution < -0.4 is 10.6 Å². The number of anilines is 1. The molecule has 3 rings (SSSR count). The summed E-state index contributed by atoms with van der Waals surface area (Å²) >= 11 is 0. The monoisotopic (exact) mass is 369 g/mol. The number of para-hydroxylation sites is 1. The fraction of sp³-hybridized carbons (Fsp3) is 0.350. The van der Waals surface area contributed by atoms with Crippen LogP contribution in [0, 0.1) is 0 Å². The number of rotatable bonds is 6. The zero-order valence-corrected chi connectivity index (χ0v) is 15.5.